The van der Waals surface area contributed by atoms with Crippen molar-refractivity contribution >= 4 is 0 Å². The lowest BCUT2D eigenvalue weighted by atomic mass is 9.61. The third kappa shape index (κ3) is 6.64. The topological polar surface area (TPSA) is 127 Å². The highest BCUT2D eigenvalue weighted by molar-refractivity contribution is 5.42. The molecule has 2 saturated carbocycles. The Bertz CT molecular complexity index is 590. The van der Waals surface area contributed by atoms with Crippen molar-refractivity contribution in [2.24, 2.45) is 28.6 Å². The molecular weight excluding hydrogens is 378 g/mol. The molecule has 3 aliphatic carbocycles. The van der Waals surface area contributed by atoms with Gasteiger partial charge in [0, 0.05) is 24.4 Å². The highest BCUT2D eigenvalue weighted by Crippen LogP contribution is 2.50. The fourth-order valence-corrected chi connectivity index (χ4v) is 5.59. The van der Waals surface area contributed by atoms with Gasteiger partial charge in [-0.2, -0.15) is 0 Å². The van der Waals surface area contributed by atoms with E-state index in [1.54, 1.807) is 5.57 Å². The van der Waals surface area contributed by atoms with E-state index >= 15 is 0 Å². The van der Waals surface area contributed by atoms with Crippen molar-refractivity contribution in [3.63, 3.8) is 0 Å². The maximum atomic E-state index is 10.1. The van der Waals surface area contributed by atoms with Crippen molar-refractivity contribution in [1.29, 1.82) is 0 Å². The molecule has 5 heteroatoms. The Balaban J connectivity index is 0.00000280. The fourth-order valence-electron chi connectivity index (χ4n) is 5.59. The first-order valence-electron chi connectivity index (χ1n) is 11.3. The number of aliphatic hydroxyl groups is 1. The summed E-state index contributed by atoms with van der Waals surface area (Å²) in [6, 6.07) is 0.569. The van der Waals surface area contributed by atoms with E-state index in [1.807, 2.05) is 6.92 Å². The second-order valence-corrected chi connectivity index (χ2v) is 10.9. The predicted molar refractivity (Wildman–Crippen MR) is 126 cm³/mol. The molecule has 0 saturated heterocycles. The first kappa shape index (κ1) is 29.3. The smallest absolute Gasteiger partial charge is 0.0580 e. The first-order valence-corrected chi connectivity index (χ1v) is 11.3. The lowest BCUT2D eigenvalue weighted by molar-refractivity contribution is 0.0921. The molecular formula is C25H48NO4. The Morgan fingerprint density at radius 2 is 1.70 bits per heavy atom. The van der Waals surface area contributed by atoms with Crippen LogP contribution in [0.1, 0.15) is 80.1 Å². The molecule has 5 nitrogen and oxygen atoms in total. The van der Waals surface area contributed by atoms with Gasteiger partial charge in [-0.15, -0.1) is 0 Å². The van der Waals surface area contributed by atoms with Crippen LogP contribution < -0.4 is 5.32 Å². The van der Waals surface area contributed by atoms with Crippen LogP contribution in [0.15, 0.2) is 23.3 Å². The van der Waals surface area contributed by atoms with Crippen molar-refractivity contribution in [1.82, 2.24) is 5.32 Å². The number of hydrogen-bond donors (Lipinski definition) is 2. The number of aliphatic hydroxyl groups excluding tert-OH is 1. The molecule has 0 aromatic rings. The van der Waals surface area contributed by atoms with Gasteiger partial charge in [0.1, 0.15) is 0 Å². The van der Waals surface area contributed by atoms with Crippen LogP contribution >= 0.6 is 0 Å². The van der Waals surface area contributed by atoms with Crippen LogP contribution in [-0.2, 0) is 0 Å². The monoisotopic (exact) mass is 426 g/mol. The normalized spacial score (nSPS) is 28.3. The Morgan fingerprint density at radius 1 is 1.07 bits per heavy atom. The number of nitrogens with one attached hydrogen (secondary N) is 1. The van der Waals surface area contributed by atoms with Crippen molar-refractivity contribution in [3.05, 3.63) is 29.7 Å². The molecule has 1 radical (unpaired) electrons. The SMILES string of the molecule is CC1=CC=C(C2CCC(C[C@H](NCC3(C(C)O)CC3)C(C)C)CC2(C)C)[CH]1.O.O.O. The fraction of sp³-hybridized carbons (Fsp3) is 0.800. The number of allylic oxidation sites excluding steroid dienone is 4. The second-order valence-electron chi connectivity index (χ2n) is 10.9. The molecule has 0 aliphatic heterocycles. The summed E-state index contributed by atoms with van der Waals surface area (Å²) < 4.78 is 0. The standard InChI is InChI=1S/C25H42NO.3H2O/c1-17(2)23(26-16-25(11-12-25)19(4)27)14-20-8-10-22(24(5,6)15-20)21-9-7-18(3)13-21;;;/h7,9,13,17,19-20,22-23,26-27H,8,10-12,14-16H2,1-6H3;3*1H2/t19?,20?,22?,23-;;;/m0.../s1. The van der Waals surface area contributed by atoms with Gasteiger partial charge in [-0.3, -0.25) is 0 Å². The van der Waals surface area contributed by atoms with Gasteiger partial charge in [-0.1, -0.05) is 51.0 Å². The van der Waals surface area contributed by atoms with Crippen LogP contribution in [0.2, 0.25) is 0 Å². The minimum atomic E-state index is -0.180. The van der Waals surface area contributed by atoms with Crippen LogP contribution in [0, 0.1) is 35.0 Å². The Kier molecular flexibility index (Phi) is 11.0. The molecule has 177 valence electrons. The maximum absolute atomic E-state index is 10.1. The zero-order valence-electron chi connectivity index (χ0n) is 20.0. The summed E-state index contributed by atoms with van der Waals surface area (Å²) in [6.07, 6.45) is 14.5. The molecule has 0 aromatic carbocycles. The summed E-state index contributed by atoms with van der Waals surface area (Å²) >= 11 is 0. The molecule has 0 spiro atoms. The average Bonchev–Trinajstić information content (AvgIpc) is 3.25. The van der Waals surface area contributed by atoms with E-state index in [0.29, 0.717) is 23.3 Å². The van der Waals surface area contributed by atoms with Gasteiger partial charge in [0.15, 0.2) is 0 Å². The Labute approximate surface area is 184 Å². The number of hydrogen-bond acceptors (Lipinski definition) is 2. The van der Waals surface area contributed by atoms with E-state index in [1.165, 1.54) is 44.1 Å². The first-order chi connectivity index (χ1) is 12.6. The molecule has 3 rings (SSSR count). The highest BCUT2D eigenvalue weighted by Gasteiger charge is 2.47. The van der Waals surface area contributed by atoms with E-state index in [2.05, 4.69) is 58.5 Å². The summed E-state index contributed by atoms with van der Waals surface area (Å²) in [6.45, 7) is 14.8. The van der Waals surface area contributed by atoms with Gasteiger partial charge in [0.2, 0.25) is 0 Å². The van der Waals surface area contributed by atoms with E-state index in [0.717, 1.165) is 12.5 Å². The van der Waals surface area contributed by atoms with E-state index in [-0.39, 0.29) is 27.9 Å². The van der Waals surface area contributed by atoms with E-state index < -0.39 is 0 Å². The minimum absolute atomic E-state index is 0. The minimum Gasteiger partial charge on any atom is -0.412 e. The highest BCUT2D eigenvalue weighted by atomic mass is 16.3. The zero-order valence-corrected chi connectivity index (χ0v) is 20.0. The van der Waals surface area contributed by atoms with Gasteiger partial charge in [0.25, 0.3) is 0 Å². The molecule has 0 heterocycles. The summed E-state index contributed by atoms with van der Waals surface area (Å²) in [5, 5.41) is 13.9. The molecule has 8 N–H and O–H groups in total. The predicted octanol–water partition coefficient (Wildman–Crippen LogP) is 3.21. The second kappa shape index (κ2) is 11.2. The lowest BCUT2D eigenvalue weighted by Crippen LogP contribution is -2.43. The molecule has 3 aliphatic rings. The maximum Gasteiger partial charge on any atom is 0.0580 e. The van der Waals surface area contributed by atoms with Crippen LogP contribution in [0.4, 0.5) is 0 Å². The molecule has 0 amide bonds. The van der Waals surface area contributed by atoms with E-state index in [9.17, 15) is 5.11 Å². The van der Waals surface area contributed by atoms with Crippen molar-refractivity contribution < 1.29 is 21.5 Å². The molecule has 4 atom stereocenters. The summed E-state index contributed by atoms with van der Waals surface area (Å²) in [5.41, 5.74) is 3.50. The van der Waals surface area contributed by atoms with Crippen molar-refractivity contribution in [3.8, 4) is 0 Å². The third-order valence-electron chi connectivity index (χ3n) is 7.84. The summed E-state index contributed by atoms with van der Waals surface area (Å²) in [4.78, 5) is 0. The summed E-state index contributed by atoms with van der Waals surface area (Å²) in [7, 11) is 0. The van der Waals surface area contributed by atoms with Crippen molar-refractivity contribution in [2.75, 3.05) is 6.54 Å². The van der Waals surface area contributed by atoms with Gasteiger partial charge >= 0.3 is 0 Å². The molecule has 0 aromatic heterocycles. The molecule has 0 bridgehead atoms. The van der Waals surface area contributed by atoms with Crippen LogP contribution in [0.3, 0.4) is 0 Å². The Morgan fingerprint density at radius 3 is 2.13 bits per heavy atom. The molecule has 3 unspecified atom stereocenters. The van der Waals surface area contributed by atoms with Gasteiger partial charge in [0.05, 0.1) is 6.10 Å². The lowest BCUT2D eigenvalue weighted by Gasteiger charge is -2.44. The third-order valence-corrected chi connectivity index (χ3v) is 7.84. The van der Waals surface area contributed by atoms with Crippen LogP contribution in [-0.4, -0.2) is 40.2 Å². The largest absolute Gasteiger partial charge is 0.412 e. The van der Waals surface area contributed by atoms with Gasteiger partial charge in [-0.05, 0) is 75.5 Å². The van der Waals surface area contributed by atoms with Crippen molar-refractivity contribution in [2.45, 2.75) is 92.2 Å². The molecule has 30 heavy (non-hydrogen) atoms. The quantitative estimate of drug-likeness (QED) is 0.618. The van der Waals surface area contributed by atoms with Crippen LogP contribution in [0.25, 0.3) is 0 Å². The summed E-state index contributed by atoms with van der Waals surface area (Å²) in [5.74, 6) is 2.17. The Hall–Kier alpha value is -0.720. The molecule has 2 fully saturated rings. The average molecular weight is 427 g/mol. The zero-order chi connectivity index (χ0) is 19.8. The van der Waals surface area contributed by atoms with Gasteiger partial charge in [-0.25, -0.2) is 0 Å². The van der Waals surface area contributed by atoms with Crippen LogP contribution in [0.5, 0.6) is 0 Å². The number of rotatable bonds is 8. The van der Waals surface area contributed by atoms with Gasteiger partial charge < -0.3 is 26.9 Å². The van der Waals surface area contributed by atoms with E-state index in [4.69, 9.17) is 0 Å².